The number of halogens is 2. The topological polar surface area (TPSA) is 0 Å². The Morgan fingerprint density at radius 1 is 0.889 bits per heavy atom. The summed E-state index contributed by atoms with van der Waals surface area (Å²) in [5, 5.41) is 0. The molecule has 0 saturated carbocycles. The van der Waals surface area contributed by atoms with Crippen LogP contribution >= 0.6 is 31.9 Å². The maximum Gasteiger partial charge on any atom is 0.0285 e. The molecule has 5 rings (SSSR count). The number of benzene rings is 2. The molecule has 27 heavy (non-hydrogen) atoms. The monoisotopic (exact) mass is 482 g/mol. The fraction of sp³-hybridized carbons (Fsp3) is 0.360. The summed E-state index contributed by atoms with van der Waals surface area (Å²) in [6.45, 7) is 4.63. The highest BCUT2D eigenvalue weighted by atomic mass is 79.9. The summed E-state index contributed by atoms with van der Waals surface area (Å²) in [5.41, 5.74) is 12.0. The molecule has 0 saturated heterocycles. The van der Waals surface area contributed by atoms with Gasteiger partial charge in [-0.2, -0.15) is 0 Å². The van der Waals surface area contributed by atoms with Gasteiger partial charge in [0.15, 0.2) is 0 Å². The quantitative estimate of drug-likeness (QED) is 0.403. The Morgan fingerprint density at radius 3 is 2.41 bits per heavy atom. The third kappa shape index (κ3) is 2.83. The fourth-order valence-electron chi connectivity index (χ4n) is 5.35. The minimum atomic E-state index is 0.520. The zero-order valence-corrected chi connectivity index (χ0v) is 19.1. The van der Waals surface area contributed by atoms with E-state index in [4.69, 9.17) is 0 Å². The van der Waals surface area contributed by atoms with Gasteiger partial charge in [-0.25, -0.2) is 0 Å². The van der Waals surface area contributed by atoms with Crippen LogP contribution in [0, 0.1) is 0 Å². The van der Waals surface area contributed by atoms with Crippen LogP contribution in [0.5, 0.6) is 0 Å². The van der Waals surface area contributed by atoms with Crippen molar-refractivity contribution in [1.29, 1.82) is 0 Å². The third-order valence-electron chi connectivity index (χ3n) is 6.80. The molecule has 2 atom stereocenters. The van der Waals surface area contributed by atoms with Crippen molar-refractivity contribution in [2.24, 2.45) is 0 Å². The van der Waals surface area contributed by atoms with Gasteiger partial charge >= 0.3 is 0 Å². The molecule has 0 aliphatic heterocycles. The standard InChI is InChI=1S/C25H24Br2/c1-14-10-22-18(8-5-9-24(22)26)19(14)13-20-15(2)11-23-21(20)12-16-6-3-4-7-17(16)25(23)27/h5,8-12,19-20H,3-4,6-7,13H2,1-2H3. The Balaban J connectivity index is 1.54. The van der Waals surface area contributed by atoms with Gasteiger partial charge in [-0.3, -0.25) is 0 Å². The first kappa shape index (κ1) is 17.9. The molecule has 138 valence electrons. The molecule has 0 heterocycles. The Morgan fingerprint density at radius 2 is 1.59 bits per heavy atom. The maximum absolute atomic E-state index is 3.97. The molecule has 3 aliphatic carbocycles. The van der Waals surface area contributed by atoms with Gasteiger partial charge in [0, 0.05) is 20.8 Å². The molecule has 2 aromatic rings. The van der Waals surface area contributed by atoms with Gasteiger partial charge in [0.25, 0.3) is 0 Å². The lowest BCUT2D eigenvalue weighted by Crippen LogP contribution is -2.09. The SMILES string of the molecule is CC1=Cc2c(Br)cccc2C1CC1C(C)=Cc2c1cc1c(c2Br)CCCC1. The van der Waals surface area contributed by atoms with Crippen LogP contribution < -0.4 is 0 Å². The Hall–Kier alpha value is -1.12. The Labute approximate surface area is 179 Å². The van der Waals surface area contributed by atoms with Crippen molar-refractivity contribution in [3.8, 4) is 0 Å². The number of allylic oxidation sites excluding steroid dienone is 2. The molecule has 0 N–H and O–H groups in total. The molecule has 0 amide bonds. The number of hydrogen-bond donors (Lipinski definition) is 0. The largest absolute Gasteiger partial charge is 0.0651 e. The number of hydrogen-bond acceptors (Lipinski definition) is 0. The lowest BCUT2D eigenvalue weighted by Gasteiger charge is -2.25. The van der Waals surface area contributed by atoms with Gasteiger partial charge in [0.05, 0.1) is 0 Å². The number of aryl methyl sites for hydroxylation is 1. The van der Waals surface area contributed by atoms with Crippen molar-refractivity contribution in [2.45, 2.75) is 57.8 Å². The van der Waals surface area contributed by atoms with Crippen LogP contribution in [0.2, 0.25) is 0 Å². The summed E-state index contributed by atoms with van der Waals surface area (Å²) in [6.07, 6.45) is 11.1. The van der Waals surface area contributed by atoms with Crippen LogP contribution in [-0.4, -0.2) is 0 Å². The molecular weight excluding hydrogens is 460 g/mol. The van der Waals surface area contributed by atoms with Crippen LogP contribution in [0.4, 0.5) is 0 Å². The maximum atomic E-state index is 3.97. The highest BCUT2D eigenvalue weighted by molar-refractivity contribution is 9.10. The average molecular weight is 484 g/mol. The van der Waals surface area contributed by atoms with Crippen molar-refractivity contribution in [1.82, 2.24) is 0 Å². The van der Waals surface area contributed by atoms with Gasteiger partial charge in [0.1, 0.15) is 0 Å². The van der Waals surface area contributed by atoms with E-state index in [0.29, 0.717) is 11.8 Å². The first-order chi connectivity index (χ1) is 13.0. The van der Waals surface area contributed by atoms with Gasteiger partial charge in [-0.1, -0.05) is 57.4 Å². The van der Waals surface area contributed by atoms with Crippen LogP contribution in [0.1, 0.15) is 78.3 Å². The third-order valence-corrected chi connectivity index (χ3v) is 8.40. The molecule has 0 bridgehead atoms. The summed E-state index contributed by atoms with van der Waals surface area (Å²) >= 11 is 7.71. The van der Waals surface area contributed by atoms with Crippen molar-refractivity contribution < 1.29 is 0 Å². The van der Waals surface area contributed by atoms with Gasteiger partial charge in [-0.15, -0.1) is 0 Å². The number of fused-ring (bicyclic) bond motifs is 3. The Kier molecular flexibility index (Phi) is 4.48. The second-order valence-corrected chi connectivity index (χ2v) is 10.0. The second-order valence-electron chi connectivity index (χ2n) is 8.40. The van der Waals surface area contributed by atoms with Gasteiger partial charge in [-0.05, 0) is 101 Å². The van der Waals surface area contributed by atoms with E-state index in [2.05, 4.69) is 82.1 Å². The van der Waals surface area contributed by atoms with E-state index in [0.717, 1.165) is 0 Å². The van der Waals surface area contributed by atoms with E-state index >= 15 is 0 Å². The number of rotatable bonds is 2. The molecule has 0 aromatic heterocycles. The van der Waals surface area contributed by atoms with E-state index < -0.39 is 0 Å². The van der Waals surface area contributed by atoms with Crippen molar-refractivity contribution >= 4 is 44.0 Å². The lowest BCUT2D eigenvalue weighted by molar-refractivity contribution is 0.637. The average Bonchev–Trinajstić information content (AvgIpc) is 3.15. The van der Waals surface area contributed by atoms with Crippen LogP contribution in [-0.2, 0) is 12.8 Å². The van der Waals surface area contributed by atoms with Crippen LogP contribution in [0.3, 0.4) is 0 Å². The highest BCUT2D eigenvalue weighted by Crippen LogP contribution is 2.50. The molecule has 0 spiro atoms. The smallest absolute Gasteiger partial charge is 0.0285 e. The molecule has 2 aromatic carbocycles. The molecule has 3 aliphatic rings. The Bertz CT molecular complexity index is 1010. The lowest BCUT2D eigenvalue weighted by atomic mass is 9.80. The second kappa shape index (κ2) is 6.74. The first-order valence-corrected chi connectivity index (χ1v) is 11.6. The van der Waals surface area contributed by atoms with E-state index in [1.807, 2.05) is 0 Å². The molecule has 0 radical (unpaired) electrons. The van der Waals surface area contributed by atoms with Crippen molar-refractivity contribution in [2.75, 3.05) is 0 Å². The van der Waals surface area contributed by atoms with Crippen LogP contribution in [0.25, 0.3) is 12.2 Å². The van der Waals surface area contributed by atoms with Crippen molar-refractivity contribution in [3.05, 3.63) is 77.7 Å². The predicted octanol–water partition coefficient (Wildman–Crippen LogP) is 8.18. The molecule has 0 nitrogen and oxygen atoms in total. The zero-order valence-electron chi connectivity index (χ0n) is 15.9. The summed E-state index contributed by atoms with van der Waals surface area (Å²) in [7, 11) is 0. The highest BCUT2D eigenvalue weighted by Gasteiger charge is 2.33. The summed E-state index contributed by atoms with van der Waals surface area (Å²) in [6, 6.07) is 9.20. The molecular formula is C25H24Br2. The minimum Gasteiger partial charge on any atom is -0.0651 e. The van der Waals surface area contributed by atoms with E-state index in [-0.39, 0.29) is 0 Å². The molecule has 0 fully saturated rings. The van der Waals surface area contributed by atoms with E-state index in [9.17, 15) is 0 Å². The van der Waals surface area contributed by atoms with Crippen LogP contribution in [0.15, 0.2) is 44.4 Å². The van der Waals surface area contributed by atoms with E-state index in [1.54, 1.807) is 16.7 Å². The first-order valence-electron chi connectivity index (χ1n) is 10.0. The molecule has 2 heteroatoms. The fourth-order valence-corrected chi connectivity index (χ4v) is 6.64. The van der Waals surface area contributed by atoms with Gasteiger partial charge < -0.3 is 0 Å². The summed E-state index contributed by atoms with van der Waals surface area (Å²) < 4.78 is 2.59. The zero-order chi connectivity index (χ0) is 18.7. The van der Waals surface area contributed by atoms with Gasteiger partial charge in [0.2, 0.25) is 0 Å². The minimum absolute atomic E-state index is 0.520. The predicted molar refractivity (Wildman–Crippen MR) is 122 cm³/mol. The summed E-state index contributed by atoms with van der Waals surface area (Å²) in [4.78, 5) is 0. The molecule has 2 unspecified atom stereocenters. The van der Waals surface area contributed by atoms with E-state index in [1.165, 1.54) is 68.9 Å². The summed E-state index contributed by atoms with van der Waals surface area (Å²) in [5.74, 6) is 1.05. The van der Waals surface area contributed by atoms with Crippen molar-refractivity contribution in [3.63, 3.8) is 0 Å². The normalized spacial score (nSPS) is 22.8.